The Kier molecular flexibility index (Phi) is 7.71. The predicted octanol–water partition coefficient (Wildman–Crippen LogP) is 4.74. The highest BCUT2D eigenvalue weighted by Crippen LogP contribution is 2.31. The maximum atomic E-state index is 14.1. The molecule has 0 spiro atoms. The summed E-state index contributed by atoms with van der Waals surface area (Å²) >= 11 is 5.12. The Hall–Kier alpha value is -4.33. The van der Waals surface area contributed by atoms with Crippen LogP contribution in [0.4, 0.5) is 44.7 Å². The SMILES string of the molecule is O=C(NC(=S)Nc1ccc(N2CCN(c3c(F)c(F)c(F)c(F)c3F)CC2)cc1)c1ccccc1[N+](=O)[O-]. The van der Waals surface area contributed by atoms with Gasteiger partial charge in [0, 0.05) is 43.6 Å². The minimum atomic E-state index is -2.20. The molecule has 38 heavy (non-hydrogen) atoms. The van der Waals surface area contributed by atoms with Crippen molar-refractivity contribution in [1.82, 2.24) is 5.32 Å². The van der Waals surface area contributed by atoms with Crippen LogP contribution in [0.1, 0.15) is 10.4 Å². The summed E-state index contributed by atoms with van der Waals surface area (Å²) < 4.78 is 68.7. The number of nitrogens with zero attached hydrogens (tertiary/aromatic N) is 3. The molecule has 1 aliphatic heterocycles. The molecule has 3 aromatic carbocycles. The van der Waals surface area contributed by atoms with Gasteiger partial charge in [-0.3, -0.25) is 20.2 Å². The van der Waals surface area contributed by atoms with Crippen molar-refractivity contribution in [3.05, 3.63) is 93.3 Å². The van der Waals surface area contributed by atoms with Gasteiger partial charge < -0.3 is 15.1 Å². The highest BCUT2D eigenvalue weighted by atomic mass is 32.1. The molecule has 0 bridgehead atoms. The van der Waals surface area contributed by atoms with E-state index in [1.54, 1.807) is 24.3 Å². The Balaban J connectivity index is 1.36. The number of nitro groups is 1. The monoisotopic (exact) mass is 551 g/mol. The first kappa shape index (κ1) is 26.7. The molecule has 14 heteroatoms. The van der Waals surface area contributed by atoms with Crippen LogP contribution >= 0.6 is 12.2 Å². The van der Waals surface area contributed by atoms with Crippen molar-refractivity contribution in [2.75, 3.05) is 41.3 Å². The number of hydrogen-bond donors (Lipinski definition) is 2. The number of para-hydroxylation sites is 1. The molecule has 0 atom stereocenters. The van der Waals surface area contributed by atoms with Crippen molar-refractivity contribution >= 4 is 46.0 Å². The fourth-order valence-corrected chi connectivity index (χ4v) is 4.18. The van der Waals surface area contributed by atoms with Crippen LogP contribution in [0.2, 0.25) is 0 Å². The average Bonchev–Trinajstić information content (AvgIpc) is 2.91. The van der Waals surface area contributed by atoms with Gasteiger partial charge in [-0.1, -0.05) is 12.1 Å². The first-order valence-electron chi connectivity index (χ1n) is 11.1. The molecule has 0 unspecified atom stereocenters. The van der Waals surface area contributed by atoms with E-state index in [0.29, 0.717) is 5.69 Å². The van der Waals surface area contributed by atoms with E-state index in [9.17, 15) is 36.9 Å². The van der Waals surface area contributed by atoms with Gasteiger partial charge in [0.05, 0.1) is 4.92 Å². The standard InChI is InChI=1S/C24H18F5N5O3S/c25-17-18(26)20(28)22(21(29)19(17)27)33-11-9-32(10-12-33)14-7-5-13(6-8-14)30-24(38)31-23(35)15-3-1-2-4-16(15)34(36)37/h1-8H,9-12H2,(H2,30,31,35,38). The smallest absolute Gasteiger partial charge is 0.282 e. The predicted molar refractivity (Wildman–Crippen MR) is 134 cm³/mol. The van der Waals surface area contributed by atoms with Crippen molar-refractivity contribution in [2.45, 2.75) is 0 Å². The highest BCUT2D eigenvalue weighted by molar-refractivity contribution is 7.80. The summed E-state index contributed by atoms with van der Waals surface area (Å²) in [4.78, 5) is 25.8. The molecule has 8 nitrogen and oxygen atoms in total. The lowest BCUT2D eigenvalue weighted by atomic mass is 10.1. The summed E-state index contributed by atoms with van der Waals surface area (Å²) in [5.41, 5.74) is -0.236. The van der Waals surface area contributed by atoms with Crippen LogP contribution in [0, 0.1) is 39.2 Å². The highest BCUT2D eigenvalue weighted by Gasteiger charge is 2.30. The van der Waals surface area contributed by atoms with Crippen molar-refractivity contribution < 1.29 is 31.7 Å². The number of rotatable bonds is 5. The minimum Gasteiger partial charge on any atom is -0.368 e. The van der Waals surface area contributed by atoms with Gasteiger partial charge in [-0.2, -0.15) is 0 Å². The second-order valence-corrected chi connectivity index (χ2v) is 8.53. The van der Waals surface area contributed by atoms with Gasteiger partial charge in [-0.15, -0.1) is 0 Å². The van der Waals surface area contributed by atoms with E-state index in [4.69, 9.17) is 12.2 Å². The molecular formula is C24H18F5N5O3S. The summed E-state index contributed by atoms with van der Waals surface area (Å²) in [6.07, 6.45) is 0. The summed E-state index contributed by atoms with van der Waals surface area (Å²) in [7, 11) is 0. The van der Waals surface area contributed by atoms with E-state index < -0.39 is 45.6 Å². The minimum absolute atomic E-state index is 0.0140. The molecule has 2 N–H and O–H groups in total. The molecule has 198 valence electrons. The van der Waals surface area contributed by atoms with Gasteiger partial charge >= 0.3 is 0 Å². The zero-order valence-corrected chi connectivity index (χ0v) is 20.1. The number of piperazine rings is 1. The fraction of sp³-hybridized carbons (Fsp3) is 0.167. The van der Waals surface area contributed by atoms with Crippen LogP contribution in [-0.4, -0.2) is 42.1 Å². The second kappa shape index (κ2) is 11.0. The van der Waals surface area contributed by atoms with E-state index in [0.717, 1.165) is 10.6 Å². The Morgan fingerprint density at radius 3 is 1.92 bits per heavy atom. The number of amides is 1. The van der Waals surface area contributed by atoms with E-state index in [-0.39, 0.29) is 42.5 Å². The first-order chi connectivity index (χ1) is 18.1. The molecule has 1 heterocycles. The molecule has 3 aromatic rings. The number of benzene rings is 3. The van der Waals surface area contributed by atoms with Crippen molar-refractivity contribution in [3.8, 4) is 0 Å². The van der Waals surface area contributed by atoms with Crippen LogP contribution < -0.4 is 20.4 Å². The zero-order valence-electron chi connectivity index (χ0n) is 19.3. The van der Waals surface area contributed by atoms with Gasteiger partial charge in [0.1, 0.15) is 11.3 Å². The number of carbonyl (C=O) groups is 1. The molecule has 4 rings (SSSR count). The van der Waals surface area contributed by atoms with Crippen molar-refractivity contribution in [2.24, 2.45) is 0 Å². The first-order valence-corrected chi connectivity index (χ1v) is 11.5. The Morgan fingerprint density at radius 2 is 1.34 bits per heavy atom. The average molecular weight is 551 g/mol. The van der Waals surface area contributed by atoms with Gasteiger partial charge in [-0.25, -0.2) is 22.0 Å². The zero-order chi connectivity index (χ0) is 27.6. The third-order valence-electron chi connectivity index (χ3n) is 5.85. The Morgan fingerprint density at radius 1 is 0.816 bits per heavy atom. The van der Waals surface area contributed by atoms with Gasteiger partial charge in [-0.05, 0) is 42.5 Å². The number of nitrogens with one attached hydrogen (secondary N) is 2. The van der Waals surface area contributed by atoms with Crippen LogP contribution in [0.3, 0.4) is 0 Å². The van der Waals surface area contributed by atoms with Gasteiger partial charge in [0.2, 0.25) is 5.82 Å². The molecule has 0 saturated carbocycles. The summed E-state index contributed by atoms with van der Waals surface area (Å²) in [6, 6.07) is 12.1. The third kappa shape index (κ3) is 5.34. The number of thiocarbonyl (C=S) groups is 1. The fourth-order valence-electron chi connectivity index (χ4n) is 3.97. The number of hydrogen-bond acceptors (Lipinski definition) is 6. The molecule has 1 amide bonds. The van der Waals surface area contributed by atoms with Crippen LogP contribution in [0.25, 0.3) is 0 Å². The molecule has 1 saturated heterocycles. The lowest BCUT2D eigenvalue weighted by Crippen LogP contribution is -2.47. The van der Waals surface area contributed by atoms with Crippen molar-refractivity contribution in [1.29, 1.82) is 0 Å². The quantitative estimate of drug-likeness (QED) is 0.118. The van der Waals surface area contributed by atoms with Gasteiger partial charge in [0.25, 0.3) is 11.6 Å². The second-order valence-electron chi connectivity index (χ2n) is 8.12. The number of carbonyl (C=O) groups excluding carboxylic acids is 1. The van der Waals surface area contributed by atoms with Crippen LogP contribution in [0.5, 0.6) is 0 Å². The molecular weight excluding hydrogens is 533 g/mol. The Labute approximate surface area is 217 Å². The molecule has 1 aliphatic rings. The van der Waals surface area contributed by atoms with Crippen LogP contribution in [-0.2, 0) is 0 Å². The lowest BCUT2D eigenvalue weighted by molar-refractivity contribution is -0.385. The summed E-state index contributed by atoms with van der Waals surface area (Å²) in [5, 5.41) is 16.2. The van der Waals surface area contributed by atoms with Crippen LogP contribution in [0.15, 0.2) is 48.5 Å². The van der Waals surface area contributed by atoms with E-state index >= 15 is 0 Å². The maximum absolute atomic E-state index is 14.1. The van der Waals surface area contributed by atoms with E-state index in [2.05, 4.69) is 10.6 Å². The Bertz CT molecular complexity index is 1390. The van der Waals surface area contributed by atoms with Crippen molar-refractivity contribution in [3.63, 3.8) is 0 Å². The summed E-state index contributed by atoms with van der Waals surface area (Å²) in [5.74, 6) is -10.7. The number of halogens is 5. The molecule has 1 fully saturated rings. The normalized spacial score (nSPS) is 13.3. The molecule has 0 aromatic heterocycles. The largest absolute Gasteiger partial charge is 0.368 e. The van der Waals surface area contributed by atoms with E-state index in [1.807, 2.05) is 4.90 Å². The summed E-state index contributed by atoms with van der Waals surface area (Å²) in [6.45, 7) is 0.521. The lowest BCUT2D eigenvalue weighted by Gasteiger charge is -2.37. The molecule has 0 radical (unpaired) electrons. The van der Waals surface area contributed by atoms with Gasteiger partial charge in [0.15, 0.2) is 28.4 Å². The maximum Gasteiger partial charge on any atom is 0.282 e. The number of anilines is 3. The number of nitro benzene ring substituents is 1. The van der Waals surface area contributed by atoms with E-state index in [1.165, 1.54) is 24.3 Å². The molecule has 0 aliphatic carbocycles. The topological polar surface area (TPSA) is 90.8 Å². The third-order valence-corrected chi connectivity index (χ3v) is 6.05.